The van der Waals surface area contributed by atoms with Gasteiger partial charge < -0.3 is 10.4 Å². The largest absolute Gasteiger partial charge is 0.481 e. The quantitative estimate of drug-likeness (QED) is 0.813. The van der Waals surface area contributed by atoms with Crippen LogP contribution in [0.3, 0.4) is 0 Å². The van der Waals surface area contributed by atoms with E-state index in [4.69, 9.17) is 0 Å². The Bertz CT molecular complexity index is 678. The van der Waals surface area contributed by atoms with Gasteiger partial charge in [0.25, 0.3) is 5.91 Å². The summed E-state index contributed by atoms with van der Waals surface area (Å²) in [6, 6.07) is 6.92. The van der Waals surface area contributed by atoms with Crippen molar-refractivity contribution in [3.05, 3.63) is 42.2 Å². The van der Waals surface area contributed by atoms with E-state index in [1.807, 2.05) is 19.9 Å². The van der Waals surface area contributed by atoms with E-state index in [2.05, 4.69) is 15.6 Å². The average Bonchev–Trinajstić information content (AvgIpc) is 3.10. The van der Waals surface area contributed by atoms with Crippen molar-refractivity contribution < 1.29 is 14.7 Å². The van der Waals surface area contributed by atoms with Gasteiger partial charge in [0, 0.05) is 12.1 Å². The normalized spacial score (nSPS) is 11.2. The van der Waals surface area contributed by atoms with Crippen LogP contribution >= 0.6 is 0 Å². The molecule has 0 atom stereocenters. The van der Waals surface area contributed by atoms with Crippen LogP contribution in [0.15, 0.2) is 36.7 Å². The van der Waals surface area contributed by atoms with E-state index in [-0.39, 0.29) is 12.5 Å². The summed E-state index contributed by atoms with van der Waals surface area (Å²) in [5, 5.41) is 19.7. The summed E-state index contributed by atoms with van der Waals surface area (Å²) in [4.78, 5) is 23.8. The Morgan fingerprint density at radius 2 is 2.04 bits per heavy atom. The Labute approximate surface area is 134 Å². The van der Waals surface area contributed by atoms with Crippen molar-refractivity contribution in [3.63, 3.8) is 0 Å². The summed E-state index contributed by atoms with van der Waals surface area (Å²) in [7, 11) is 0. The highest BCUT2D eigenvalue weighted by Gasteiger charge is 2.35. The lowest BCUT2D eigenvalue weighted by molar-refractivity contribution is -0.149. The van der Waals surface area contributed by atoms with Crippen LogP contribution < -0.4 is 5.32 Å². The van der Waals surface area contributed by atoms with Crippen LogP contribution in [-0.4, -0.2) is 38.5 Å². The number of amides is 1. The maximum Gasteiger partial charge on any atom is 0.311 e. The second-order valence-electron chi connectivity index (χ2n) is 5.37. The lowest BCUT2D eigenvalue weighted by Gasteiger charge is -2.26. The van der Waals surface area contributed by atoms with E-state index in [1.54, 1.807) is 35.3 Å². The van der Waals surface area contributed by atoms with Gasteiger partial charge in [-0.15, -0.1) is 5.10 Å². The van der Waals surface area contributed by atoms with Gasteiger partial charge in [0.05, 0.1) is 23.5 Å². The second-order valence-corrected chi connectivity index (χ2v) is 5.37. The standard InChI is InChI=1S/C16H20N4O3/c1-3-16(4-2,15(22)23)11-17-14(21)12-6-5-7-13(10-12)20-9-8-18-19-20/h5-10H,3-4,11H2,1-2H3,(H,17,21)(H,22,23). The van der Waals surface area contributed by atoms with Crippen LogP contribution in [0, 0.1) is 5.41 Å². The van der Waals surface area contributed by atoms with E-state index < -0.39 is 11.4 Å². The predicted molar refractivity (Wildman–Crippen MR) is 84.3 cm³/mol. The predicted octanol–water partition coefficient (Wildman–Crippen LogP) is 1.89. The number of aromatic nitrogens is 3. The molecule has 0 fully saturated rings. The highest BCUT2D eigenvalue weighted by Crippen LogP contribution is 2.25. The zero-order valence-electron chi connectivity index (χ0n) is 13.2. The van der Waals surface area contributed by atoms with E-state index >= 15 is 0 Å². The van der Waals surface area contributed by atoms with Gasteiger partial charge in [0.15, 0.2) is 0 Å². The molecule has 0 aliphatic heterocycles. The van der Waals surface area contributed by atoms with Crippen molar-refractivity contribution in [1.29, 1.82) is 0 Å². The number of carbonyl (C=O) groups excluding carboxylic acids is 1. The number of rotatable bonds is 7. The lowest BCUT2D eigenvalue weighted by atomic mass is 9.82. The highest BCUT2D eigenvalue weighted by molar-refractivity contribution is 5.95. The van der Waals surface area contributed by atoms with Crippen molar-refractivity contribution >= 4 is 11.9 Å². The molecule has 7 heteroatoms. The number of nitrogens with one attached hydrogen (secondary N) is 1. The van der Waals surface area contributed by atoms with E-state index in [0.717, 1.165) is 0 Å². The Morgan fingerprint density at radius 1 is 1.30 bits per heavy atom. The molecular formula is C16H20N4O3. The number of nitrogens with zero attached hydrogens (tertiary/aromatic N) is 3. The molecular weight excluding hydrogens is 296 g/mol. The van der Waals surface area contributed by atoms with Crippen LogP contribution in [0.4, 0.5) is 0 Å². The molecule has 0 bridgehead atoms. The molecule has 0 aliphatic carbocycles. The minimum absolute atomic E-state index is 0.0989. The summed E-state index contributed by atoms with van der Waals surface area (Å²) in [6.45, 7) is 3.73. The molecule has 7 nitrogen and oxygen atoms in total. The zero-order chi connectivity index (χ0) is 16.9. The molecule has 2 rings (SSSR count). The Balaban J connectivity index is 2.12. The molecule has 0 aliphatic rings. The molecule has 1 aromatic carbocycles. The number of benzene rings is 1. The first kappa shape index (κ1) is 16.7. The van der Waals surface area contributed by atoms with E-state index in [0.29, 0.717) is 24.1 Å². The fourth-order valence-corrected chi connectivity index (χ4v) is 2.37. The van der Waals surface area contributed by atoms with Gasteiger partial charge in [-0.25, -0.2) is 4.68 Å². The monoisotopic (exact) mass is 316 g/mol. The topological polar surface area (TPSA) is 97.1 Å². The molecule has 0 spiro atoms. The number of hydrogen-bond acceptors (Lipinski definition) is 4. The van der Waals surface area contributed by atoms with Crippen molar-refractivity contribution in [3.8, 4) is 5.69 Å². The van der Waals surface area contributed by atoms with Crippen LogP contribution in [0.1, 0.15) is 37.0 Å². The van der Waals surface area contributed by atoms with Gasteiger partial charge in [0.2, 0.25) is 0 Å². The molecule has 1 amide bonds. The van der Waals surface area contributed by atoms with Gasteiger partial charge in [-0.05, 0) is 31.0 Å². The number of aliphatic carboxylic acids is 1. The fraction of sp³-hybridized carbons (Fsp3) is 0.375. The number of carboxylic acid groups (broad SMARTS) is 1. The molecule has 23 heavy (non-hydrogen) atoms. The first-order chi connectivity index (χ1) is 11.0. The van der Waals surface area contributed by atoms with Crippen molar-refractivity contribution in [2.45, 2.75) is 26.7 Å². The van der Waals surface area contributed by atoms with Gasteiger partial charge >= 0.3 is 5.97 Å². The molecule has 1 heterocycles. The van der Waals surface area contributed by atoms with Gasteiger partial charge in [-0.1, -0.05) is 25.1 Å². The molecule has 0 unspecified atom stereocenters. The Kier molecular flexibility index (Phi) is 5.10. The maximum absolute atomic E-state index is 12.3. The Hall–Kier alpha value is -2.70. The summed E-state index contributed by atoms with van der Waals surface area (Å²) in [5.74, 6) is -1.20. The summed E-state index contributed by atoms with van der Waals surface area (Å²) < 4.78 is 1.55. The number of hydrogen-bond donors (Lipinski definition) is 2. The van der Waals surface area contributed by atoms with Gasteiger partial charge in [-0.3, -0.25) is 9.59 Å². The summed E-state index contributed by atoms with van der Waals surface area (Å²) in [5.41, 5.74) is 0.231. The van der Waals surface area contributed by atoms with Gasteiger partial charge in [0.1, 0.15) is 0 Å². The van der Waals surface area contributed by atoms with E-state index in [9.17, 15) is 14.7 Å². The third kappa shape index (κ3) is 3.56. The average molecular weight is 316 g/mol. The molecule has 0 radical (unpaired) electrons. The van der Waals surface area contributed by atoms with Crippen LogP contribution in [-0.2, 0) is 4.79 Å². The highest BCUT2D eigenvalue weighted by atomic mass is 16.4. The minimum Gasteiger partial charge on any atom is -0.481 e. The fourth-order valence-electron chi connectivity index (χ4n) is 2.37. The van der Waals surface area contributed by atoms with Gasteiger partial charge in [-0.2, -0.15) is 0 Å². The first-order valence-corrected chi connectivity index (χ1v) is 7.50. The maximum atomic E-state index is 12.3. The first-order valence-electron chi connectivity index (χ1n) is 7.50. The second kappa shape index (κ2) is 7.04. The summed E-state index contributed by atoms with van der Waals surface area (Å²) >= 11 is 0. The lowest BCUT2D eigenvalue weighted by Crippen LogP contribution is -2.42. The Morgan fingerprint density at radius 3 is 2.61 bits per heavy atom. The van der Waals surface area contributed by atoms with Crippen molar-refractivity contribution in [2.24, 2.45) is 5.41 Å². The molecule has 1 aromatic heterocycles. The van der Waals surface area contributed by atoms with Crippen LogP contribution in [0.2, 0.25) is 0 Å². The SMILES string of the molecule is CCC(CC)(CNC(=O)c1cccc(-n2ccnn2)c1)C(=O)O. The van der Waals surface area contributed by atoms with Crippen LogP contribution in [0.25, 0.3) is 5.69 Å². The van der Waals surface area contributed by atoms with Crippen molar-refractivity contribution in [1.82, 2.24) is 20.3 Å². The summed E-state index contributed by atoms with van der Waals surface area (Å²) in [6.07, 6.45) is 4.15. The van der Waals surface area contributed by atoms with Crippen molar-refractivity contribution in [2.75, 3.05) is 6.54 Å². The number of carboxylic acids is 1. The third-order valence-corrected chi connectivity index (χ3v) is 4.19. The molecule has 0 saturated carbocycles. The smallest absolute Gasteiger partial charge is 0.311 e. The zero-order valence-corrected chi connectivity index (χ0v) is 13.2. The number of carbonyl (C=O) groups is 2. The molecule has 2 aromatic rings. The molecule has 0 saturated heterocycles. The third-order valence-electron chi connectivity index (χ3n) is 4.19. The van der Waals surface area contributed by atoms with Crippen LogP contribution in [0.5, 0.6) is 0 Å². The molecule has 122 valence electrons. The molecule has 2 N–H and O–H groups in total. The van der Waals surface area contributed by atoms with E-state index in [1.165, 1.54) is 0 Å². The minimum atomic E-state index is -0.931.